The molecule has 0 saturated heterocycles. The van der Waals surface area contributed by atoms with Crippen LogP contribution in [0.2, 0.25) is 0 Å². The smallest absolute Gasteiger partial charge is 0.272 e. The summed E-state index contributed by atoms with van der Waals surface area (Å²) in [6.07, 6.45) is 0. The molecular weight excluding hydrogens is 358 g/mol. The second kappa shape index (κ2) is 7.03. The Balaban J connectivity index is 1.65. The number of amides is 1. The molecule has 0 spiro atoms. The van der Waals surface area contributed by atoms with Gasteiger partial charge in [-0.05, 0) is 43.7 Å². The van der Waals surface area contributed by atoms with Crippen LogP contribution in [0.15, 0.2) is 30.3 Å². The van der Waals surface area contributed by atoms with E-state index in [0.717, 1.165) is 28.4 Å². The fraction of sp³-hybridized carbons (Fsp3) is 0.350. The zero-order chi connectivity index (χ0) is 19.8. The first-order valence-electron chi connectivity index (χ1n) is 9.08. The molecule has 1 aliphatic rings. The number of carbonyl (C=O) groups excluding carboxylic acids is 1. The molecule has 0 bridgehead atoms. The molecule has 28 heavy (non-hydrogen) atoms. The molecule has 8 heteroatoms. The summed E-state index contributed by atoms with van der Waals surface area (Å²) in [5.74, 6) is 1.35. The SMILES string of the molecule is Cc1cc(CN(Cc2ccc3c(c2)OCO3)C(=O)c2cc(C)nn2C)n(C)n1. The van der Waals surface area contributed by atoms with Crippen molar-refractivity contribution in [3.05, 3.63) is 58.7 Å². The van der Waals surface area contributed by atoms with Gasteiger partial charge in [0.15, 0.2) is 11.5 Å². The van der Waals surface area contributed by atoms with Crippen LogP contribution in [0.4, 0.5) is 0 Å². The van der Waals surface area contributed by atoms with E-state index in [1.165, 1.54) is 0 Å². The third-order valence-corrected chi connectivity index (χ3v) is 4.77. The van der Waals surface area contributed by atoms with Crippen molar-refractivity contribution in [2.24, 2.45) is 14.1 Å². The number of fused-ring (bicyclic) bond motifs is 1. The summed E-state index contributed by atoms with van der Waals surface area (Å²) in [5, 5.41) is 8.71. The lowest BCUT2D eigenvalue weighted by molar-refractivity contribution is 0.0714. The first kappa shape index (κ1) is 18.1. The van der Waals surface area contributed by atoms with Crippen LogP contribution < -0.4 is 9.47 Å². The molecule has 0 aliphatic carbocycles. The summed E-state index contributed by atoms with van der Waals surface area (Å²) in [5.41, 5.74) is 4.22. The van der Waals surface area contributed by atoms with E-state index in [2.05, 4.69) is 10.2 Å². The molecule has 0 unspecified atom stereocenters. The van der Waals surface area contributed by atoms with E-state index < -0.39 is 0 Å². The van der Waals surface area contributed by atoms with Crippen molar-refractivity contribution < 1.29 is 14.3 Å². The van der Waals surface area contributed by atoms with Crippen molar-refractivity contribution in [1.82, 2.24) is 24.5 Å². The third-order valence-electron chi connectivity index (χ3n) is 4.77. The maximum atomic E-state index is 13.3. The van der Waals surface area contributed by atoms with Crippen molar-refractivity contribution in [2.75, 3.05) is 6.79 Å². The molecule has 3 heterocycles. The van der Waals surface area contributed by atoms with Crippen LogP contribution in [0, 0.1) is 13.8 Å². The minimum atomic E-state index is -0.0837. The minimum absolute atomic E-state index is 0.0837. The van der Waals surface area contributed by atoms with Crippen LogP contribution in [-0.4, -0.2) is 37.2 Å². The van der Waals surface area contributed by atoms with Crippen molar-refractivity contribution in [3.8, 4) is 11.5 Å². The molecule has 3 aromatic rings. The highest BCUT2D eigenvalue weighted by atomic mass is 16.7. The van der Waals surface area contributed by atoms with Crippen molar-refractivity contribution in [2.45, 2.75) is 26.9 Å². The molecule has 0 N–H and O–H groups in total. The number of rotatable bonds is 5. The number of benzene rings is 1. The second-order valence-electron chi connectivity index (χ2n) is 7.04. The molecule has 0 fully saturated rings. The molecule has 0 atom stereocenters. The monoisotopic (exact) mass is 381 g/mol. The van der Waals surface area contributed by atoms with Gasteiger partial charge in [-0.2, -0.15) is 10.2 Å². The van der Waals surface area contributed by atoms with E-state index in [9.17, 15) is 4.79 Å². The van der Waals surface area contributed by atoms with E-state index in [1.54, 1.807) is 16.6 Å². The van der Waals surface area contributed by atoms with Gasteiger partial charge in [-0.3, -0.25) is 14.2 Å². The second-order valence-corrected chi connectivity index (χ2v) is 7.04. The van der Waals surface area contributed by atoms with Gasteiger partial charge in [-0.15, -0.1) is 0 Å². The Morgan fingerprint density at radius 2 is 1.71 bits per heavy atom. The third kappa shape index (κ3) is 3.45. The summed E-state index contributed by atoms with van der Waals surface area (Å²) in [6.45, 7) is 4.92. The quantitative estimate of drug-likeness (QED) is 0.678. The van der Waals surface area contributed by atoms with Crippen LogP contribution in [0.5, 0.6) is 11.5 Å². The fourth-order valence-electron chi connectivity index (χ4n) is 3.44. The predicted octanol–water partition coefficient (Wildman–Crippen LogP) is 2.34. The predicted molar refractivity (Wildman–Crippen MR) is 102 cm³/mol. The lowest BCUT2D eigenvalue weighted by Crippen LogP contribution is -2.32. The molecule has 0 saturated carbocycles. The molecule has 1 amide bonds. The number of aryl methyl sites for hydroxylation is 4. The van der Waals surface area contributed by atoms with Gasteiger partial charge in [0, 0.05) is 20.6 Å². The van der Waals surface area contributed by atoms with Crippen LogP contribution in [0.3, 0.4) is 0 Å². The summed E-state index contributed by atoms with van der Waals surface area (Å²) in [6, 6.07) is 9.56. The van der Waals surface area contributed by atoms with Gasteiger partial charge in [0.1, 0.15) is 5.69 Å². The molecular formula is C20H23N5O3. The Labute approximate surface area is 163 Å². The fourth-order valence-corrected chi connectivity index (χ4v) is 3.44. The normalized spacial score (nSPS) is 12.4. The highest BCUT2D eigenvalue weighted by Gasteiger charge is 2.23. The zero-order valence-electron chi connectivity index (χ0n) is 16.5. The maximum absolute atomic E-state index is 13.3. The van der Waals surface area contributed by atoms with Gasteiger partial charge < -0.3 is 14.4 Å². The Bertz CT molecular complexity index is 1040. The molecule has 1 aliphatic heterocycles. The molecule has 0 radical (unpaired) electrons. The number of hydrogen-bond donors (Lipinski definition) is 0. The molecule has 2 aromatic heterocycles. The summed E-state index contributed by atoms with van der Waals surface area (Å²) in [4.78, 5) is 15.1. The van der Waals surface area contributed by atoms with Gasteiger partial charge in [-0.1, -0.05) is 6.07 Å². The largest absolute Gasteiger partial charge is 0.454 e. The highest BCUT2D eigenvalue weighted by Crippen LogP contribution is 2.33. The highest BCUT2D eigenvalue weighted by molar-refractivity contribution is 5.92. The lowest BCUT2D eigenvalue weighted by atomic mass is 10.1. The number of nitrogens with zero attached hydrogens (tertiary/aromatic N) is 5. The van der Waals surface area contributed by atoms with Gasteiger partial charge in [-0.25, -0.2) is 0 Å². The van der Waals surface area contributed by atoms with Crippen LogP contribution in [-0.2, 0) is 27.2 Å². The van der Waals surface area contributed by atoms with Crippen molar-refractivity contribution in [3.63, 3.8) is 0 Å². The first-order valence-corrected chi connectivity index (χ1v) is 9.08. The van der Waals surface area contributed by atoms with Crippen LogP contribution in [0.1, 0.15) is 33.1 Å². The van der Waals surface area contributed by atoms with Gasteiger partial charge in [0.05, 0.1) is 23.6 Å². The topological polar surface area (TPSA) is 74.4 Å². The van der Waals surface area contributed by atoms with Gasteiger partial charge >= 0.3 is 0 Å². The molecule has 146 valence electrons. The number of carbonyl (C=O) groups is 1. The maximum Gasteiger partial charge on any atom is 0.272 e. The summed E-state index contributed by atoms with van der Waals surface area (Å²) >= 11 is 0. The minimum Gasteiger partial charge on any atom is -0.454 e. The first-order chi connectivity index (χ1) is 13.4. The summed E-state index contributed by atoms with van der Waals surface area (Å²) in [7, 11) is 3.67. The van der Waals surface area contributed by atoms with Gasteiger partial charge in [0.2, 0.25) is 6.79 Å². The molecule has 8 nitrogen and oxygen atoms in total. The van der Waals surface area contributed by atoms with E-state index in [-0.39, 0.29) is 12.7 Å². The van der Waals surface area contributed by atoms with Crippen LogP contribution in [0.25, 0.3) is 0 Å². The van der Waals surface area contributed by atoms with E-state index in [4.69, 9.17) is 9.47 Å². The number of hydrogen-bond acceptors (Lipinski definition) is 5. The zero-order valence-corrected chi connectivity index (χ0v) is 16.5. The van der Waals surface area contributed by atoms with Crippen molar-refractivity contribution >= 4 is 5.91 Å². The van der Waals surface area contributed by atoms with Gasteiger partial charge in [0.25, 0.3) is 5.91 Å². The Hall–Kier alpha value is -3.29. The molecule has 4 rings (SSSR count). The van der Waals surface area contributed by atoms with Crippen LogP contribution >= 0.6 is 0 Å². The van der Waals surface area contributed by atoms with Crippen molar-refractivity contribution in [1.29, 1.82) is 0 Å². The lowest BCUT2D eigenvalue weighted by Gasteiger charge is -2.23. The Morgan fingerprint density at radius 1 is 1.00 bits per heavy atom. The molecule has 1 aromatic carbocycles. The Kier molecular flexibility index (Phi) is 4.54. The number of ether oxygens (including phenoxy) is 2. The van der Waals surface area contributed by atoms with E-state index in [0.29, 0.717) is 24.5 Å². The summed E-state index contributed by atoms with van der Waals surface area (Å²) < 4.78 is 14.3. The Morgan fingerprint density at radius 3 is 2.39 bits per heavy atom. The van der Waals surface area contributed by atoms with E-state index >= 15 is 0 Å². The standard InChI is InChI=1S/C20H23N5O3/c1-13-7-16(23(3)21-13)11-25(20(26)17-8-14(2)22-24(17)4)10-15-5-6-18-19(9-15)28-12-27-18/h5-9H,10-12H2,1-4H3. The average molecular weight is 381 g/mol. The van der Waals surface area contributed by atoms with E-state index in [1.807, 2.05) is 55.9 Å². The average Bonchev–Trinajstić information content (AvgIpc) is 3.32. The number of aromatic nitrogens is 4.